The summed E-state index contributed by atoms with van der Waals surface area (Å²) in [6, 6.07) is 6.52. The Morgan fingerprint density at radius 3 is 2.83 bits per heavy atom. The van der Waals surface area contributed by atoms with Gasteiger partial charge in [-0.15, -0.1) is 0 Å². The number of halogens is 1. The van der Waals surface area contributed by atoms with Crippen LogP contribution in [0.2, 0.25) is 0 Å². The summed E-state index contributed by atoms with van der Waals surface area (Å²) in [7, 11) is 0. The minimum Gasteiger partial charge on any atom is -0.389 e. The molecule has 0 bridgehead atoms. The van der Waals surface area contributed by atoms with Gasteiger partial charge >= 0.3 is 0 Å². The van der Waals surface area contributed by atoms with E-state index in [0.29, 0.717) is 11.2 Å². The van der Waals surface area contributed by atoms with Crippen LogP contribution < -0.4 is 5.73 Å². The van der Waals surface area contributed by atoms with Crippen molar-refractivity contribution in [3.63, 3.8) is 0 Å². The van der Waals surface area contributed by atoms with E-state index in [9.17, 15) is 14.3 Å². The number of hydrogen-bond acceptors (Lipinski definition) is 3. The zero-order valence-corrected chi connectivity index (χ0v) is 13.0. The highest BCUT2D eigenvalue weighted by molar-refractivity contribution is 5.95. The molecule has 1 aromatic carbocycles. The summed E-state index contributed by atoms with van der Waals surface area (Å²) in [5, 5.41) is 10.3. The highest BCUT2D eigenvalue weighted by Crippen LogP contribution is 2.28. The molecule has 0 aliphatic heterocycles. The van der Waals surface area contributed by atoms with Gasteiger partial charge in [0, 0.05) is 40.5 Å². The molecule has 122 valence electrons. The number of carbonyl (C=O) groups excluding carboxylic acids is 1. The van der Waals surface area contributed by atoms with E-state index >= 15 is 0 Å². The number of aromatic nitrogens is 2. The number of rotatable bonds is 4. The summed E-state index contributed by atoms with van der Waals surface area (Å²) in [5.74, 6) is -1.00. The number of aliphatic hydroxyl groups is 1. The SMILES string of the molecule is C[C@H](O)c1ccc(-c2cnc3[nH]cc(C=CC(N)=O)c3c2)cc1F. The Labute approximate surface area is 137 Å². The molecule has 6 heteroatoms. The molecule has 0 aliphatic carbocycles. The third-order valence-electron chi connectivity index (χ3n) is 3.77. The van der Waals surface area contributed by atoms with Crippen molar-refractivity contribution < 1.29 is 14.3 Å². The lowest BCUT2D eigenvalue weighted by atomic mass is 10.0. The molecule has 0 unspecified atom stereocenters. The summed E-state index contributed by atoms with van der Waals surface area (Å²) in [6.07, 6.45) is 5.36. The molecule has 0 spiro atoms. The number of pyridine rings is 1. The van der Waals surface area contributed by atoms with Crippen LogP contribution in [0.4, 0.5) is 4.39 Å². The predicted octanol–water partition coefficient (Wildman–Crippen LogP) is 2.92. The van der Waals surface area contributed by atoms with Gasteiger partial charge in [0.15, 0.2) is 0 Å². The van der Waals surface area contributed by atoms with Gasteiger partial charge in [-0.3, -0.25) is 4.79 Å². The van der Waals surface area contributed by atoms with Crippen LogP contribution in [-0.4, -0.2) is 21.0 Å². The van der Waals surface area contributed by atoms with Crippen LogP contribution in [0.1, 0.15) is 24.2 Å². The van der Waals surface area contributed by atoms with Crippen molar-refractivity contribution >= 4 is 23.0 Å². The molecule has 3 rings (SSSR count). The molecule has 1 atom stereocenters. The molecule has 4 N–H and O–H groups in total. The number of primary amides is 1. The number of carbonyl (C=O) groups is 1. The summed E-state index contributed by atoms with van der Waals surface area (Å²) in [6.45, 7) is 1.52. The molecule has 2 heterocycles. The fourth-order valence-corrected chi connectivity index (χ4v) is 2.54. The topological polar surface area (TPSA) is 92.0 Å². The third kappa shape index (κ3) is 3.04. The van der Waals surface area contributed by atoms with Crippen molar-refractivity contribution in [3.05, 3.63) is 59.7 Å². The number of hydrogen-bond donors (Lipinski definition) is 3. The first-order chi connectivity index (χ1) is 11.5. The number of amides is 1. The zero-order valence-electron chi connectivity index (χ0n) is 13.0. The van der Waals surface area contributed by atoms with Crippen molar-refractivity contribution in [1.29, 1.82) is 0 Å². The molecule has 0 aliphatic rings. The molecule has 0 radical (unpaired) electrons. The number of benzene rings is 1. The van der Waals surface area contributed by atoms with Gasteiger partial charge in [0.25, 0.3) is 0 Å². The first-order valence-corrected chi connectivity index (χ1v) is 7.38. The van der Waals surface area contributed by atoms with Gasteiger partial charge in [-0.25, -0.2) is 9.37 Å². The van der Waals surface area contributed by atoms with E-state index in [0.717, 1.165) is 16.5 Å². The van der Waals surface area contributed by atoms with Crippen molar-refractivity contribution in [2.24, 2.45) is 5.73 Å². The molecular formula is C18H16FN3O2. The lowest BCUT2D eigenvalue weighted by Crippen LogP contribution is -2.04. The van der Waals surface area contributed by atoms with E-state index in [4.69, 9.17) is 5.73 Å². The summed E-state index contributed by atoms with van der Waals surface area (Å²) in [4.78, 5) is 18.2. The maximum Gasteiger partial charge on any atom is 0.241 e. The molecule has 1 amide bonds. The largest absolute Gasteiger partial charge is 0.389 e. The molecule has 3 aromatic rings. The van der Waals surface area contributed by atoms with Crippen LogP contribution in [0.15, 0.2) is 42.7 Å². The lowest BCUT2D eigenvalue weighted by Gasteiger charge is -2.08. The van der Waals surface area contributed by atoms with Crippen molar-refractivity contribution in [3.8, 4) is 11.1 Å². The van der Waals surface area contributed by atoms with E-state index in [1.54, 1.807) is 30.6 Å². The van der Waals surface area contributed by atoms with Crippen LogP contribution in [-0.2, 0) is 4.79 Å². The van der Waals surface area contributed by atoms with E-state index < -0.39 is 17.8 Å². The second-order valence-electron chi connectivity index (χ2n) is 5.51. The highest BCUT2D eigenvalue weighted by atomic mass is 19.1. The smallest absolute Gasteiger partial charge is 0.241 e. The Bertz CT molecular complexity index is 945. The van der Waals surface area contributed by atoms with Crippen LogP contribution in [0.5, 0.6) is 0 Å². The molecule has 0 saturated carbocycles. The Morgan fingerprint density at radius 1 is 1.38 bits per heavy atom. The number of nitrogens with zero attached hydrogens (tertiary/aromatic N) is 1. The number of fused-ring (bicyclic) bond motifs is 1. The Hall–Kier alpha value is -2.99. The lowest BCUT2D eigenvalue weighted by molar-refractivity contribution is -0.113. The van der Waals surface area contributed by atoms with Gasteiger partial charge in [-0.2, -0.15) is 0 Å². The van der Waals surface area contributed by atoms with E-state index in [2.05, 4.69) is 9.97 Å². The number of aromatic amines is 1. The average Bonchev–Trinajstić information content (AvgIpc) is 2.94. The van der Waals surface area contributed by atoms with Gasteiger partial charge < -0.3 is 15.8 Å². The molecule has 24 heavy (non-hydrogen) atoms. The molecule has 5 nitrogen and oxygen atoms in total. The minimum atomic E-state index is -0.866. The van der Waals surface area contributed by atoms with Gasteiger partial charge in [0.2, 0.25) is 5.91 Å². The Morgan fingerprint density at radius 2 is 2.17 bits per heavy atom. The number of nitrogens with one attached hydrogen (secondary N) is 1. The van der Waals surface area contributed by atoms with E-state index in [1.807, 2.05) is 6.07 Å². The number of nitrogens with two attached hydrogens (primary N) is 1. The molecule has 0 fully saturated rings. The molecule has 0 saturated heterocycles. The van der Waals surface area contributed by atoms with Crippen molar-refractivity contribution in [1.82, 2.24) is 9.97 Å². The maximum atomic E-state index is 14.1. The second kappa shape index (κ2) is 6.25. The average molecular weight is 325 g/mol. The third-order valence-corrected chi connectivity index (χ3v) is 3.77. The monoisotopic (exact) mass is 325 g/mol. The number of H-pyrrole nitrogens is 1. The van der Waals surface area contributed by atoms with Gasteiger partial charge in [-0.05, 0) is 30.7 Å². The normalized spacial score (nSPS) is 12.8. The van der Waals surface area contributed by atoms with E-state index in [1.165, 1.54) is 19.1 Å². The van der Waals surface area contributed by atoms with Crippen LogP contribution in [0.25, 0.3) is 28.2 Å². The maximum absolute atomic E-state index is 14.1. The van der Waals surface area contributed by atoms with Crippen molar-refractivity contribution in [2.75, 3.05) is 0 Å². The van der Waals surface area contributed by atoms with Gasteiger partial charge in [0.05, 0.1) is 6.10 Å². The highest BCUT2D eigenvalue weighted by Gasteiger charge is 2.11. The fraction of sp³-hybridized carbons (Fsp3) is 0.111. The summed E-state index contributed by atoms with van der Waals surface area (Å²) >= 11 is 0. The minimum absolute atomic E-state index is 0.250. The van der Waals surface area contributed by atoms with Crippen LogP contribution in [0, 0.1) is 5.82 Å². The zero-order chi connectivity index (χ0) is 17.3. The second-order valence-corrected chi connectivity index (χ2v) is 5.51. The van der Waals surface area contributed by atoms with Gasteiger partial charge in [-0.1, -0.05) is 12.1 Å². The van der Waals surface area contributed by atoms with Crippen molar-refractivity contribution in [2.45, 2.75) is 13.0 Å². The van der Waals surface area contributed by atoms with Crippen LogP contribution in [0.3, 0.4) is 0 Å². The first-order valence-electron chi connectivity index (χ1n) is 7.38. The predicted molar refractivity (Wildman–Crippen MR) is 90.3 cm³/mol. The summed E-state index contributed by atoms with van der Waals surface area (Å²) < 4.78 is 14.1. The Balaban J connectivity index is 2.06. The Kier molecular flexibility index (Phi) is 4.14. The fourth-order valence-electron chi connectivity index (χ4n) is 2.54. The first kappa shape index (κ1) is 15.9. The van der Waals surface area contributed by atoms with Gasteiger partial charge in [0.1, 0.15) is 11.5 Å². The quantitative estimate of drug-likeness (QED) is 0.644. The van der Waals surface area contributed by atoms with Crippen LogP contribution >= 0.6 is 0 Å². The standard InChI is InChI=1S/C18H16FN3O2/c1-10(23)14-4-2-11(7-16(14)19)13-6-15-12(3-5-17(20)24)8-21-18(15)22-9-13/h2-10,23H,1H3,(H2,20,24)(H,21,22)/t10-/m0/s1. The number of aliphatic hydroxyl groups excluding tert-OH is 1. The summed E-state index contributed by atoms with van der Waals surface area (Å²) in [5.41, 5.74) is 8.16. The molecule has 2 aromatic heterocycles. The van der Waals surface area contributed by atoms with E-state index in [-0.39, 0.29) is 5.56 Å². The molecular weight excluding hydrogens is 309 g/mol.